The number of halogens is 2. The van der Waals surface area contributed by atoms with Gasteiger partial charge < -0.3 is 0 Å². The molecule has 2 aromatic rings. The van der Waals surface area contributed by atoms with E-state index in [1.54, 1.807) is 4.68 Å². The molecule has 0 amide bonds. The van der Waals surface area contributed by atoms with Gasteiger partial charge in [-0.2, -0.15) is 0 Å². The summed E-state index contributed by atoms with van der Waals surface area (Å²) in [5.41, 5.74) is 1.91. The van der Waals surface area contributed by atoms with Crippen LogP contribution in [0.1, 0.15) is 0 Å². The van der Waals surface area contributed by atoms with E-state index >= 15 is 0 Å². The van der Waals surface area contributed by atoms with E-state index in [9.17, 15) is 0 Å². The van der Waals surface area contributed by atoms with E-state index in [4.69, 9.17) is 11.6 Å². The molecule has 0 radical (unpaired) electrons. The molecule has 0 aliphatic rings. The summed E-state index contributed by atoms with van der Waals surface area (Å²) in [6.45, 7) is 0.694. The fraction of sp³-hybridized carbons (Fsp3) is 0.250. The summed E-state index contributed by atoms with van der Waals surface area (Å²) in [4.78, 5) is 0. The molecule has 1 aromatic carbocycles. The first kappa shape index (κ1) is 8.97. The van der Waals surface area contributed by atoms with Crippen molar-refractivity contribution >= 4 is 38.6 Å². The number of aromatic nitrogens is 3. The van der Waals surface area contributed by atoms with Crippen LogP contribution in [0, 0.1) is 0 Å². The van der Waals surface area contributed by atoms with Crippen LogP contribution in [0.2, 0.25) is 0 Å². The van der Waals surface area contributed by atoms with Gasteiger partial charge >= 0.3 is 0 Å². The highest BCUT2D eigenvalue weighted by Gasteiger charge is 2.02. The van der Waals surface area contributed by atoms with Crippen molar-refractivity contribution in [1.29, 1.82) is 0 Å². The third-order valence-corrected chi connectivity index (χ3v) is 2.43. The van der Waals surface area contributed by atoms with Crippen LogP contribution in [-0.2, 0) is 6.54 Å². The van der Waals surface area contributed by atoms with Gasteiger partial charge in [0.05, 0.1) is 12.1 Å². The Kier molecular flexibility index (Phi) is 2.51. The van der Waals surface area contributed by atoms with Crippen molar-refractivity contribution in [1.82, 2.24) is 15.0 Å². The zero-order valence-corrected chi connectivity index (χ0v) is 9.09. The van der Waals surface area contributed by atoms with E-state index in [1.165, 1.54) is 0 Å². The van der Waals surface area contributed by atoms with Crippen LogP contribution in [0.15, 0.2) is 22.7 Å². The standard InChI is InChI=1S/C8H7BrClN3/c9-6-1-2-8-7(5-6)11-12-13(8)4-3-10/h1-2,5H,3-4H2. The molecule has 0 atom stereocenters. The highest BCUT2D eigenvalue weighted by molar-refractivity contribution is 9.10. The summed E-state index contributed by atoms with van der Waals surface area (Å²) in [6, 6.07) is 5.88. The Morgan fingerprint density at radius 2 is 2.31 bits per heavy atom. The molecule has 13 heavy (non-hydrogen) atoms. The minimum absolute atomic E-state index is 0.550. The molecule has 0 fully saturated rings. The highest BCUT2D eigenvalue weighted by atomic mass is 79.9. The van der Waals surface area contributed by atoms with Gasteiger partial charge in [-0.15, -0.1) is 16.7 Å². The lowest BCUT2D eigenvalue weighted by atomic mass is 10.3. The predicted octanol–water partition coefficient (Wildman–Crippen LogP) is 2.43. The van der Waals surface area contributed by atoms with E-state index in [0.717, 1.165) is 15.5 Å². The third kappa shape index (κ3) is 1.69. The molecular formula is C8H7BrClN3. The van der Waals surface area contributed by atoms with Gasteiger partial charge in [-0.25, -0.2) is 4.68 Å². The molecule has 0 saturated heterocycles. The second-order valence-electron chi connectivity index (χ2n) is 2.63. The Morgan fingerprint density at radius 1 is 1.46 bits per heavy atom. The van der Waals surface area contributed by atoms with Crippen molar-refractivity contribution in [3.05, 3.63) is 22.7 Å². The molecular weight excluding hydrogens is 253 g/mol. The average molecular weight is 261 g/mol. The number of nitrogens with zero attached hydrogens (tertiary/aromatic N) is 3. The van der Waals surface area contributed by atoms with E-state index in [0.29, 0.717) is 12.4 Å². The quantitative estimate of drug-likeness (QED) is 0.777. The van der Waals surface area contributed by atoms with E-state index in [1.807, 2.05) is 18.2 Å². The summed E-state index contributed by atoms with van der Waals surface area (Å²) in [7, 11) is 0. The van der Waals surface area contributed by atoms with Crippen LogP contribution < -0.4 is 0 Å². The molecule has 3 nitrogen and oxygen atoms in total. The van der Waals surface area contributed by atoms with Crippen molar-refractivity contribution in [3.63, 3.8) is 0 Å². The molecule has 0 saturated carbocycles. The van der Waals surface area contributed by atoms with Gasteiger partial charge in [-0.1, -0.05) is 21.1 Å². The van der Waals surface area contributed by atoms with Crippen molar-refractivity contribution in [3.8, 4) is 0 Å². The number of benzene rings is 1. The maximum atomic E-state index is 5.63. The summed E-state index contributed by atoms with van der Waals surface area (Å²) in [6.07, 6.45) is 0. The lowest BCUT2D eigenvalue weighted by molar-refractivity contribution is 0.650. The summed E-state index contributed by atoms with van der Waals surface area (Å²) in [5.74, 6) is 0.550. The molecule has 1 heterocycles. The number of fused-ring (bicyclic) bond motifs is 1. The van der Waals surface area contributed by atoms with Gasteiger partial charge in [0.15, 0.2) is 0 Å². The maximum Gasteiger partial charge on any atom is 0.114 e. The summed E-state index contributed by atoms with van der Waals surface area (Å²) in [5, 5.41) is 8.01. The highest BCUT2D eigenvalue weighted by Crippen LogP contribution is 2.17. The van der Waals surface area contributed by atoms with Gasteiger partial charge in [0.25, 0.3) is 0 Å². The average Bonchev–Trinajstić information content (AvgIpc) is 2.49. The fourth-order valence-corrected chi connectivity index (χ4v) is 1.70. The first-order valence-electron chi connectivity index (χ1n) is 3.86. The molecule has 0 N–H and O–H groups in total. The lowest BCUT2D eigenvalue weighted by Crippen LogP contribution is -2.00. The number of hydrogen-bond acceptors (Lipinski definition) is 2. The van der Waals surface area contributed by atoms with Crippen molar-refractivity contribution in [2.24, 2.45) is 0 Å². The van der Waals surface area contributed by atoms with E-state index < -0.39 is 0 Å². The first-order chi connectivity index (χ1) is 6.31. The molecule has 5 heteroatoms. The Labute approximate surface area is 88.8 Å². The number of hydrogen-bond donors (Lipinski definition) is 0. The minimum atomic E-state index is 0.550. The van der Waals surface area contributed by atoms with Crippen LogP contribution in [0.5, 0.6) is 0 Å². The zero-order chi connectivity index (χ0) is 9.26. The fourth-order valence-electron chi connectivity index (χ4n) is 1.19. The third-order valence-electron chi connectivity index (χ3n) is 1.77. The van der Waals surface area contributed by atoms with E-state index in [-0.39, 0.29) is 0 Å². The van der Waals surface area contributed by atoms with Crippen molar-refractivity contribution in [2.45, 2.75) is 6.54 Å². The van der Waals surface area contributed by atoms with Gasteiger partial charge in [0.1, 0.15) is 5.52 Å². The van der Waals surface area contributed by atoms with Crippen molar-refractivity contribution < 1.29 is 0 Å². The number of alkyl halides is 1. The largest absolute Gasteiger partial charge is 0.243 e. The topological polar surface area (TPSA) is 30.7 Å². The van der Waals surface area contributed by atoms with Crippen LogP contribution in [0.3, 0.4) is 0 Å². The second-order valence-corrected chi connectivity index (χ2v) is 3.93. The van der Waals surface area contributed by atoms with Gasteiger partial charge in [0.2, 0.25) is 0 Å². The molecule has 0 bridgehead atoms. The SMILES string of the molecule is ClCCn1nnc2cc(Br)ccc21. The summed E-state index contributed by atoms with van der Waals surface area (Å²) < 4.78 is 2.81. The maximum absolute atomic E-state index is 5.63. The molecule has 0 spiro atoms. The Balaban J connectivity index is 2.55. The molecule has 2 rings (SSSR count). The zero-order valence-electron chi connectivity index (χ0n) is 6.74. The van der Waals surface area contributed by atoms with E-state index in [2.05, 4.69) is 26.2 Å². The van der Waals surface area contributed by atoms with Gasteiger partial charge in [0, 0.05) is 10.4 Å². The summed E-state index contributed by atoms with van der Waals surface area (Å²) >= 11 is 9.00. The Bertz CT molecular complexity index is 426. The Morgan fingerprint density at radius 3 is 3.08 bits per heavy atom. The normalized spacial score (nSPS) is 10.9. The molecule has 1 aromatic heterocycles. The number of rotatable bonds is 2. The molecule has 0 aliphatic carbocycles. The second kappa shape index (κ2) is 3.64. The Hall–Kier alpha value is -0.610. The van der Waals surface area contributed by atoms with Crippen LogP contribution in [0.4, 0.5) is 0 Å². The van der Waals surface area contributed by atoms with Gasteiger partial charge in [-0.3, -0.25) is 0 Å². The van der Waals surface area contributed by atoms with Crippen LogP contribution in [0.25, 0.3) is 11.0 Å². The molecule has 68 valence electrons. The van der Waals surface area contributed by atoms with Crippen LogP contribution >= 0.6 is 27.5 Å². The van der Waals surface area contributed by atoms with Crippen LogP contribution in [-0.4, -0.2) is 20.9 Å². The predicted molar refractivity (Wildman–Crippen MR) is 55.9 cm³/mol. The van der Waals surface area contributed by atoms with Gasteiger partial charge in [-0.05, 0) is 18.2 Å². The molecule has 0 unspecified atom stereocenters. The first-order valence-corrected chi connectivity index (χ1v) is 5.19. The lowest BCUT2D eigenvalue weighted by Gasteiger charge is -1.96. The minimum Gasteiger partial charge on any atom is -0.243 e. The smallest absolute Gasteiger partial charge is 0.114 e. The monoisotopic (exact) mass is 259 g/mol. The van der Waals surface area contributed by atoms with Crippen molar-refractivity contribution in [2.75, 3.05) is 5.88 Å². The molecule has 0 aliphatic heterocycles. The number of aryl methyl sites for hydroxylation is 1.